The SMILES string of the molecule is NCC1(C(=O)Nc2nc3ccccc3s2)CCN(c2ncnc3[nH]ccc23)CC1. The third-order valence-electron chi connectivity index (χ3n) is 5.74. The van der Waals surface area contributed by atoms with E-state index in [0.29, 0.717) is 37.6 Å². The summed E-state index contributed by atoms with van der Waals surface area (Å²) >= 11 is 1.48. The molecule has 3 aromatic heterocycles. The third-order valence-corrected chi connectivity index (χ3v) is 6.69. The number of rotatable bonds is 4. The van der Waals surface area contributed by atoms with E-state index in [-0.39, 0.29) is 5.91 Å². The van der Waals surface area contributed by atoms with Crippen molar-refractivity contribution in [1.82, 2.24) is 19.9 Å². The molecule has 1 aromatic carbocycles. The van der Waals surface area contributed by atoms with Crippen molar-refractivity contribution in [3.63, 3.8) is 0 Å². The van der Waals surface area contributed by atoms with Gasteiger partial charge < -0.3 is 20.9 Å². The molecule has 1 aliphatic rings. The van der Waals surface area contributed by atoms with Gasteiger partial charge in [-0.3, -0.25) is 4.79 Å². The first-order valence-corrected chi connectivity index (χ1v) is 10.4. The number of nitrogens with zero attached hydrogens (tertiary/aromatic N) is 4. The van der Waals surface area contributed by atoms with Crippen molar-refractivity contribution in [1.29, 1.82) is 0 Å². The van der Waals surface area contributed by atoms with Crippen LogP contribution in [0.1, 0.15) is 12.8 Å². The van der Waals surface area contributed by atoms with Crippen molar-refractivity contribution in [3.05, 3.63) is 42.9 Å². The van der Waals surface area contributed by atoms with Crippen LogP contribution in [0.25, 0.3) is 21.3 Å². The number of H-pyrrole nitrogens is 1. The van der Waals surface area contributed by atoms with Crippen molar-refractivity contribution in [2.24, 2.45) is 11.1 Å². The number of amides is 1. The highest BCUT2D eigenvalue weighted by molar-refractivity contribution is 7.22. The fourth-order valence-electron chi connectivity index (χ4n) is 3.94. The summed E-state index contributed by atoms with van der Waals surface area (Å²) < 4.78 is 1.05. The number of carbonyl (C=O) groups is 1. The molecule has 0 bridgehead atoms. The van der Waals surface area contributed by atoms with Crippen LogP contribution >= 0.6 is 11.3 Å². The number of hydrogen-bond acceptors (Lipinski definition) is 7. The average Bonchev–Trinajstić information content (AvgIpc) is 3.39. The summed E-state index contributed by atoms with van der Waals surface area (Å²) in [5, 5.41) is 4.63. The summed E-state index contributed by atoms with van der Waals surface area (Å²) in [5.74, 6) is 0.849. The van der Waals surface area contributed by atoms with Crippen LogP contribution in [0.2, 0.25) is 0 Å². The van der Waals surface area contributed by atoms with E-state index in [9.17, 15) is 4.79 Å². The lowest BCUT2D eigenvalue weighted by Gasteiger charge is -2.40. The van der Waals surface area contributed by atoms with Gasteiger partial charge in [0.15, 0.2) is 5.13 Å². The van der Waals surface area contributed by atoms with E-state index in [0.717, 1.165) is 27.1 Å². The molecule has 1 amide bonds. The van der Waals surface area contributed by atoms with Crippen LogP contribution in [-0.4, -0.2) is 45.5 Å². The van der Waals surface area contributed by atoms with Gasteiger partial charge in [0.2, 0.25) is 5.91 Å². The largest absolute Gasteiger partial charge is 0.356 e. The Hall–Kier alpha value is -3.04. The zero-order chi connectivity index (χ0) is 19.8. The number of carbonyl (C=O) groups excluding carboxylic acids is 1. The average molecular weight is 408 g/mol. The van der Waals surface area contributed by atoms with Gasteiger partial charge in [0.1, 0.15) is 17.8 Å². The Morgan fingerprint density at radius 2 is 2.07 bits per heavy atom. The van der Waals surface area contributed by atoms with Gasteiger partial charge in [-0.2, -0.15) is 0 Å². The summed E-state index contributed by atoms with van der Waals surface area (Å²) in [5.41, 5.74) is 7.21. The lowest BCUT2D eigenvalue weighted by Crippen LogP contribution is -2.50. The van der Waals surface area contributed by atoms with Crippen LogP contribution < -0.4 is 16.0 Å². The predicted octanol–water partition coefficient (Wildman–Crippen LogP) is 2.75. The van der Waals surface area contributed by atoms with E-state index in [1.807, 2.05) is 36.5 Å². The fraction of sp³-hybridized carbons (Fsp3) is 0.300. The molecule has 4 N–H and O–H groups in total. The number of piperidine rings is 1. The number of anilines is 2. The lowest BCUT2D eigenvalue weighted by atomic mass is 9.77. The molecule has 1 aliphatic heterocycles. The lowest BCUT2D eigenvalue weighted by molar-refractivity contribution is -0.126. The number of para-hydroxylation sites is 1. The van der Waals surface area contributed by atoms with Crippen molar-refractivity contribution in [2.75, 3.05) is 29.9 Å². The summed E-state index contributed by atoms with van der Waals surface area (Å²) in [4.78, 5) is 31.7. The number of hydrogen-bond donors (Lipinski definition) is 3. The van der Waals surface area contributed by atoms with Crippen LogP contribution in [0.4, 0.5) is 10.9 Å². The Bertz CT molecular complexity index is 1140. The highest BCUT2D eigenvalue weighted by atomic mass is 32.1. The molecule has 0 unspecified atom stereocenters. The second kappa shape index (κ2) is 7.09. The molecule has 0 spiro atoms. The van der Waals surface area contributed by atoms with Crippen LogP contribution in [-0.2, 0) is 4.79 Å². The number of aromatic nitrogens is 4. The Labute approximate surface area is 171 Å². The van der Waals surface area contributed by atoms with E-state index in [1.54, 1.807) is 6.33 Å². The van der Waals surface area contributed by atoms with Crippen molar-refractivity contribution in [2.45, 2.75) is 12.8 Å². The monoisotopic (exact) mass is 407 g/mol. The highest BCUT2D eigenvalue weighted by Gasteiger charge is 2.41. The summed E-state index contributed by atoms with van der Waals surface area (Å²) in [6.07, 6.45) is 4.76. The van der Waals surface area contributed by atoms with Crippen molar-refractivity contribution in [3.8, 4) is 0 Å². The number of thiazole rings is 1. The van der Waals surface area contributed by atoms with Crippen molar-refractivity contribution >= 4 is 49.4 Å². The normalized spacial score (nSPS) is 16.4. The minimum absolute atomic E-state index is 0.0480. The quantitative estimate of drug-likeness (QED) is 0.479. The fourth-order valence-corrected chi connectivity index (χ4v) is 4.80. The first-order chi connectivity index (χ1) is 14.2. The topological polar surface area (TPSA) is 113 Å². The van der Waals surface area contributed by atoms with Gasteiger partial charge in [-0.15, -0.1) is 0 Å². The first-order valence-electron chi connectivity index (χ1n) is 9.59. The molecule has 0 radical (unpaired) electrons. The number of fused-ring (bicyclic) bond motifs is 2. The molecule has 4 heterocycles. The van der Waals surface area contributed by atoms with Crippen LogP contribution in [0.3, 0.4) is 0 Å². The highest BCUT2D eigenvalue weighted by Crippen LogP contribution is 2.36. The van der Waals surface area contributed by atoms with E-state index in [4.69, 9.17) is 5.73 Å². The summed E-state index contributed by atoms with van der Waals surface area (Å²) in [6.45, 7) is 1.73. The molecule has 1 saturated heterocycles. The molecule has 4 aromatic rings. The molecule has 0 saturated carbocycles. The maximum Gasteiger partial charge on any atom is 0.233 e. The Kier molecular flexibility index (Phi) is 4.40. The predicted molar refractivity (Wildman–Crippen MR) is 115 cm³/mol. The third kappa shape index (κ3) is 3.12. The second-order valence-corrected chi connectivity index (χ2v) is 8.38. The van der Waals surface area contributed by atoms with Gasteiger partial charge >= 0.3 is 0 Å². The molecule has 8 nitrogen and oxygen atoms in total. The standard InChI is InChI=1S/C20H21N7OS/c21-11-20(18(28)26-19-25-14-3-1-2-4-15(14)29-19)6-9-27(10-7-20)17-13-5-8-22-16(13)23-12-24-17/h1-5,8,12H,6-7,9-11,21H2,(H,22,23,24)(H,25,26,28). The molecule has 9 heteroatoms. The molecule has 148 valence electrons. The Morgan fingerprint density at radius 3 is 2.86 bits per heavy atom. The van der Waals surface area contributed by atoms with E-state index in [2.05, 4.69) is 30.2 Å². The van der Waals surface area contributed by atoms with Crippen molar-refractivity contribution < 1.29 is 4.79 Å². The minimum atomic E-state index is -0.599. The van der Waals surface area contributed by atoms with Gasteiger partial charge in [-0.1, -0.05) is 23.5 Å². The minimum Gasteiger partial charge on any atom is -0.356 e. The molecule has 5 rings (SSSR count). The molecule has 29 heavy (non-hydrogen) atoms. The summed E-state index contributed by atoms with van der Waals surface area (Å²) in [7, 11) is 0. The molecule has 0 atom stereocenters. The number of aromatic amines is 1. The number of benzene rings is 1. The number of nitrogens with one attached hydrogen (secondary N) is 2. The second-order valence-electron chi connectivity index (χ2n) is 7.35. The molecular weight excluding hydrogens is 386 g/mol. The van der Waals surface area contributed by atoms with Crippen LogP contribution in [0.5, 0.6) is 0 Å². The molecular formula is C20H21N7OS. The zero-order valence-electron chi connectivity index (χ0n) is 15.8. The smallest absolute Gasteiger partial charge is 0.233 e. The Balaban J connectivity index is 1.33. The van der Waals surface area contributed by atoms with Crippen LogP contribution in [0, 0.1) is 5.41 Å². The Morgan fingerprint density at radius 1 is 1.24 bits per heavy atom. The van der Waals surface area contributed by atoms with Gasteiger partial charge in [-0.25, -0.2) is 15.0 Å². The first kappa shape index (κ1) is 18.0. The van der Waals surface area contributed by atoms with Gasteiger partial charge in [0, 0.05) is 25.8 Å². The van der Waals surface area contributed by atoms with E-state index < -0.39 is 5.41 Å². The number of nitrogens with two attached hydrogens (primary N) is 1. The van der Waals surface area contributed by atoms with Crippen LogP contribution in [0.15, 0.2) is 42.9 Å². The molecule has 0 aliphatic carbocycles. The van der Waals surface area contributed by atoms with E-state index in [1.165, 1.54) is 11.3 Å². The summed E-state index contributed by atoms with van der Waals surface area (Å²) in [6, 6.07) is 9.85. The zero-order valence-corrected chi connectivity index (χ0v) is 16.6. The van der Waals surface area contributed by atoms with E-state index >= 15 is 0 Å². The van der Waals surface area contributed by atoms with Gasteiger partial charge in [0.05, 0.1) is 21.0 Å². The van der Waals surface area contributed by atoms with Gasteiger partial charge in [-0.05, 0) is 31.0 Å². The maximum atomic E-state index is 13.1. The van der Waals surface area contributed by atoms with Gasteiger partial charge in [0.25, 0.3) is 0 Å². The maximum absolute atomic E-state index is 13.1. The molecule has 1 fully saturated rings.